The predicted molar refractivity (Wildman–Crippen MR) is 241 cm³/mol. The highest BCUT2D eigenvalue weighted by Gasteiger charge is 2.44. The van der Waals surface area contributed by atoms with Crippen molar-refractivity contribution >= 4 is 45.3 Å². The van der Waals surface area contributed by atoms with E-state index in [1.54, 1.807) is 24.3 Å². The first kappa shape index (κ1) is 46.1. The maximum Gasteiger partial charge on any atom is 0.262 e. The number of anilines is 2. The van der Waals surface area contributed by atoms with Crippen molar-refractivity contribution in [2.45, 2.75) is 89.4 Å². The molecule has 0 aliphatic carbocycles. The van der Waals surface area contributed by atoms with Gasteiger partial charge in [-0.05, 0) is 111 Å². The van der Waals surface area contributed by atoms with Crippen molar-refractivity contribution in [2.75, 3.05) is 55.7 Å². The lowest BCUT2D eigenvalue weighted by Gasteiger charge is -2.32. The third-order valence-electron chi connectivity index (χ3n) is 11.9. The molecule has 2 saturated heterocycles. The van der Waals surface area contributed by atoms with Crippen LogP contribution in [0.15, 0.2) is 79.0 Å². The van der Waals surface area contributed by atoms with Crippen LogP contribution in [0.2, 0.25) is 0 Å². The van der Waals surface area contributed by atoms with Gasteiger partial charge in [-0.2, -0.15) is 0 Å². The fourth-order valence-corrected chi connectivity index (χ4v) is 8.59. The van der Waals surface area contributed by atoms with Gasteiger partial charge in [-0.1, -0.05) is 38.1 Å². The standard InChI is InChI=1S/C47H57N7O9S/c1-47(2,32-8-13-36(14-9-32)62-31-35-20-24-49-46(50-35)52-64(3,59)60)33-10-15-37(16-11-33)63-38-21-26-53(27-22-38)25-5-7-29-61-28-6-4-23-48-34-12-17-39-40(30-34)45(58)54(44(39)57)41-18-19-42(55)51-43(41)56/h8-17,20,24,30,38,41,48H,4-7,18-19,21-23,25-29,31H2,1-3H3,(H,49,50,52)(H,51,55,56). The highest BCUT2D eigenvalue weighted by molar-refractivity contribution is 7.92. The molecule has 1 atom stereocenters. The lowest BCUT2D eigenvalue weighted by molar-refractivity contribution is -0.136. The van der Waals surface area contributed by atoms with Crippen molar-refractivity contribution in [3.8, 4) is 11.5 Å². The molecule has 17 heteroatoms. The normalized spacial score (nSPS) is 17.3. The van der Waals surface area contributed by atoms with Crippen molar-refractivity contribution in [2.24, 2.45) is 0 Å². The van der Waals surface area contributed by atoms with Crippen molar-refractivity contribution < 1.29 is 41.8 Å². The van der Waals surface area contributed by atoms with Gasteiger partial charge in [-0.3, -0.25) is 34.1 Å². The molecule has 4 amide bonds. The SMILES string of the molecule is CC(C)(c1ccc(OCc2ccnc(NS(C)(=O)=O)n2)cc1)c1ccc(OC2CCN(CCCCOCCCCNc3ccc4c(c3)C(=O)N(C3CCC(=O)NC3=O)C4=O)CC2)cc1. The Kier molecular flexibility index (Phi) is 14.9. The molecule has 3 aliphatic rings. The van der Waals surface area contributed by atoms with Gasteiger partial charge in [-0.25, -0.2) is 18.4 Å². The zero-order valence-corrected chi connectivity index (χ0v) is 37.5. The molecule has 3 aromatic carbocycles. The van der Waals surface area contributed by atoms with E-state index in [1.165, 1.54) is 11.8 Å². The summed E-state index contributed by atoms with van der Waals surface area (Å²) in [6, 6.07) is 22.1. The number of likely N-dealkylation sites (tertiary alicyclic amines) is 1. The number of carbonyl (C=O) groups excluding carboxylic acids is 4. The Balaban J connectivity index is 0.732. The van der Waals surface area contributed by atoms with Gasteiger partial charge in [0.1, 0.15) is 30.3 Å². The van der Waals surface area contributed by atoms with Crippen LogP contribution in [0.3, 0.4) is 0 Å². The molecule has 0 bridgehead atoms. The first-order valence-corrected chi connectivity index (χ1v) is 23.8. The van der Waals surface area contributed by atoms with Gasteiger partial charge >= 0.3 is 0 Å². The maximum absolute atomic E-state index is 13.1. The van der Waals surface area contributed by atoms with Crippen molar-refractivity contribution in [1.82, 2.24) is 25.1 Å². The van der Waals surface area contributed by atoms with Gasteiger partial charge in [0.2, 0.25) is 27.8 Å². The van der Waals surface area contributed by atoms with Gasteiger partial charge in [0.25, 0.3) is 11.8 Å². The number of sulfonamides is 1. The highest BCUT2D eigenvalue weighted by Crippen LogP contribution is 2.34. The Hall–Kier alpha value is -5.91. The van der Waals surface area contributed by atoms with Crippen molar-refractivity contribution in [1.29, 1.82) is 0 Å². The zero-order valence-electron chi connectivity index (χ0n) is 36.6. The summed E-state index contributed by atoms with van der Waals surface area (Å²) >= 11 is 0. The van der Waals surface area contributed by atoms with Gasteiger partial charge in [-0.15, -0.1) is 0 Å². The van der Waals surface area contributed by atoms with Crippen LogP contribution < -0.4 is 24.8 Å². The van der Waals surface area contributed by atoms with E-state index in [4.69, 9.17) is 14.2 Å². The van der Waals surface area contributed by atoms with Crippen LogP contribution in [-0.2, 0) is 36.4 Å². The van der Waals surface area contributed by atoms with E-state index in [1.807, 2.05) is 12.1 Å². The second-order valence-corrected chi connectivity index (χ2v) is 18.8. The first-order valence-electron chi connectivity index (χ1n) is 21.9. The number of nitrogens with zero attached hydrogens (tertiary/aromatic N) is 4. The summed E-state index contributed by atoms with van der Waals surface area (Å²) in [5.74, 6) is -0.472. The lowest BCUT2D eigenvalue weighted by atomic mass is 9.78. The number of hydrogen-bond donors (Lipinski definition) is 3. The molecule has 3 N–H and O–H groups in total. The minimum absolute atomic E-state index is 0.00766. The van der Waals surface area contributed by atoms with E-state index < -0.39 is 39.7 Å². The van der Waals surface area contributed by atoms with Crippen LogP contribution in [0.25, 0.3) is 0 Å². The largest absolute Gasteiger partial charge is 0.490 e. The molecule has 0 radical (unpaired) electrons. The minimum Gasteiger partial charge on any atom is -0.490 e. The van der Waals surface area contributed by atoms with E-state index in [0.717, 1.165) is 92.9 Å². The molecule has 340 valence electrons. The highest BCUT2D eigenvalue weighted by atomic mass is 32.2. The van der Waals surface area contributed by atoms with Crippen LogP contribution in [-0.4, -0.2) is 110 Å². The molecule has 0 spiro atoms. The Morgan fingerprint density at radius 1 is 0.812 bits per heavy atom. The third-order valence-corrected chi connectivity index (χ3v) is 12.4. The molecule has 4 aromatic rings. The lowest BCUT2D eigenvalue weighted by Crippen LogP contribution is -2.54. The molecule has 3 aliphatic heterocycles. The summed E-state index contributed by atoms with van der Waals surface area (Å²) < 4.78 is 43.5. The Morgan fingerprint density at radius 3 is 2.17 bits per heavy atom. The van der Waals surface area contributed by atoms with E-state index in [0.29, 0.717) is 24.6 Å². The number of imide groups is 2. The predicted octanol–water partition coefficient (Wildman–Crippen LogP) is 5.69. The molecule has 1 unspecified atom stereocenters. The fourth-order valence-electron chi connectivity index (χ4n) is 8.16. The number of rotatable bonds is 21. The second kappa shape index (κ2) is 20.7. The summed E-state index contributed by atoms with van der Waals surface area (Å²) in [5.41, 5.74) is 3.87. The average molecular weight is 896 g/mol. The number of amides is 4. The molecule has 16 nitrogen and oxygen atoms in total. The Bertz CT molecular complexity index is 2400. The van der Waals surface area contributed by atoms with Crippen molar-refractivity contribution in [3.05, 3.63) is 107 Å². The van der Waals surface area contributed by atoms with Crippen LogP contribution in [0, 0.1) is 0 Å². The number of ether oxygens (including phenoxy) is 3. The maximum atomic E-state index is 13.1. The fraction of sp³-hybridized carbons (Fsp3) is 0.447. The van der Waals surface area contributed by atoms with Gasteiger partial charge in [0.15, 0.2) is 0 Å². The van der Waals surface area contributed by atoms with E-state index in [9.17, 15) is 27.6 Å². The topological polar surface area (TPSA) is 198 Å². The number of nitrogens with one attached hydrogen (secondary N) is 3. The number of fused-ring (bicyclic) bond motifs is 1. The van der Waals surface area contributed by atoms with Crippen LogP contribution >= 0.6 is 0 Å². The van der Waals surface area contributed by atoms with Crippen LogP contribution in [0.4, 0.5) is 11.6 Å². The molecular weight excluding hydrogens is 839 g/mol. The molecular formula is C47H57N7O9S. The Labute approximate surface area is 374 Å². The van der Waals surface area contributed by atoms with E-state index in [2.05, 4.69) is 80.5 Å². The number of unbranched alkanes of at least 4 members (excludes halogenated alkanes) is 2. The number of benzene rings is 3. The van der Waals surface area contributed by atoms with Gasteiger partial charge in [0.05, 0.1) is 23.1 Å². The molecule has 0 saturated carbocycles. The third kappa shape index (κ3) is 12.0. The summed E-state index contributed by atoms with van der Waals surface area (Å²) in [4.78, 5) is 61.5. The van der Waals surface area contributed by atoms with Crippen LogP contribution in [0.1, 0.15) is 103 Å². The quantitative estimate of drug-likeness (QED) is 0.0682. The zero-order chi connectivity index (χ0) is 45.3. The molecule has 4 heterocycles. The average Bonchev–Trinajstić information content (AvgIpc) is 3.51. The molecule has 7 rings (SSSR count). The van der Waals surface area contributed by atoms with Crippen LogP contribution in [0.5, 0.6) is 11.5 Å². The van der Waals surface area contributed by atoms with E-state index >= 15 is 0 Å². The molecule has 64 heavy (non-hydrogen) atoms. The Morgan fingerprint density at radius 2 is 1.48 bits per heavy atom. The first-order chi connectivity index (χ1) is 30.7. The summed E-state index contributed by atoms with van der Waals surface area (Å²) in [5, 5.41) is 5.53. The van der Waals surface area contributed by atoms with Crippen molar-refractivity contribution in [3.63, 3.8) is 0 Å². The smallest absolute Gasteiger partial charge is 0.262 e. The number of hydrogen-bond acceptors (Lipinski definition) is 13. The van der Waals surface area contributed by atoms with Gasteiger partial charge < -0.3 is 24.4 Å². The summed E-state index contributed by atoms with van der Waals surface area (Å²) in [6.07, 6.45) is 8.78. The number of carbonyl (C=O) groups is 4. The second-order valence-electron chi connectivity index (χ2n) is 17.0. The monoisotopic (exact) mass is 895 g/mol. The summed E-state index contributed by atoms with van der Waals surface area (Å²) in [7, 11) is -3.48. The number of aromatic nitrogens is 2. The summed E-state index contributed by atoms with van der Waals surface area (Å²) in [6.45, 7) is 9.71. The minimum atomic E-state index is -3.48. The molecule has 2 fully saturated rings. The van der Waals surface area contributed by atoms with E-state index in [-0.39, 0.29) is 48.0 Å². The number of piperidine rings is 2. The van der Waals surface area contributed by atoms with Gasteiger partial charge in [0, 0.05) is 56.6 Å². The molecule has 1 aromatic heterocycles.